The van der Waals surface area contributed by atoms with Gasteiger partial charge in [0.05, 0.1) is 19.6 Å². The standard InChI is InChI=1S/C17H16N2O3/c1-21-14-8-4-7-13(9-14)16-10-15(22-19-16)11-18-17(20)12-5-2-3-6-12/h2-10,12H,11H2,1H3,(H,18,20). The van der Waals surface area contributed by atoms with E-state index >= 15 is 0 Å². The Morgan fingerprint density at radius 1 is 1.32 bits per heavy atom. The van der Waals surface area contributed by atoms with E-state index in [4.69, 9.17) is 9.26 Å². The number of hydrogen-bond donors (Lipinski definition) is 1. The van der Waals surface area contributed by atoms with Crippen LogP contribution in [0.15, 0.2) is 59.2 Å². The van der Waals surface area contributed by atoms with Crippen LogP contribution in [-0.2, 0) is 11.3 Å². The summed E-state index contributed by atoms with van der Waals surface area (Å²) in [7, 11) is 1.62. The topological polar surface area (TPSA) is 64.4 Å². The monoisotopic (exact) mass is 296 g/mol. The van der Waals surface area contributed by atoms with Crippen molar-refractivity contribution in [2.24, 2.45) is 5.92 Å². The Bertz CT molecular complexity index is 719. The number of rotatable bonds is 5. The largest absolute Gasteiger partial charge is 0.497 e. The molecule has 112 valence electrons. The van der Waals surface area contributed by atoms with Crippen molar-refractivity contribution < 1.29 is 14.1 Å². The van der Waals surface area contributed by atoms with Crippen LogP contribution in [0.5, 0.6) is 5.75 Å². The number of allylic oxidation sites excluding steroid dienone is 2. The molecule has 0 spiro atoms. The maximum atomic E-state index is 11.9. The van der Waals surface area contributed by atoms with E-state index in [0.29, 0.717) is 18.0 Å². The van der Waals surface area contributed by atoms with Crippen LogP contribution in [0.3, 0.4) is 0 Å². The van der Waals surface area contributed by atoms with Gasteiger partial charge in [-0.05, 0) is 12.1 Å². The fraction of sp³-hybridized carbons (Fsp3) is 0.176. The summed E-state index contributed by atoms with van der Waals surface area (Å²) in [5, 5.41) is 6.86. The van der Waals surface area contributed by atoms with E-state index in [1.165, 1.54) is 0 Å². The summed E-state index contributed by atoms with van der Waals surface area (Å²) in [6, 6.07) is 9.39. The number of aromatic nitrogens is 1. The third kappa shape index (κ3) is 3.09. The van der Waals surface area contributed by atoms with E-state index in [2.05, 4.69) is 10.5 Å². The van der Waals surface area contributed by atoms with Gasteiger partial charge in [0.15, 0.2) is 5.76 Å². The zero-order chi connectivity index (χ0) is 15.4. The molecule has 5 nitrogen and oxygen atoms in total. The molecule has 1 aromatic carbocycles. The highest BCUT2D eigenvalue weighted by Crippen LogP contribution is 2.23. The molecule has 0 bridgehead atoms. The van der Waals surface area contributed by atoms with Crippen molar-refractivity contribution in [2.45, 2.75) is 6.54 Å². The van der Waals surface area contributed by atoms with E-state index < -0.39 is 0 Å². The van der Waals surface area contributed by atoms with E-state index in [1.54, 1.807) is 7.11 Å². The average molecular weight is 296 g/mol. The van der Waals surface area contributed by atoms with Gasteiger partial charge in [0.2, 0.25) is 5.91 Å². The minimum Gasteiger partial charge on any atom is -0.497 e. The first kappa shape index (κ1) is 14.1. The number of benzene rings is 1. The lowest BCUT2D eigenvalue weighted by Crippen LogP contribution is -2.27. The summed E-state index contributed by atoms with van der Waals surface area (Å²) in [4.78, 5) is 11.9. The van der Waals surface area contributed by atoms with Crippen molar-refractivity contribution in [3.63, 3.8) is 0 Å². The van der Waals surface area contributed by atoms with Crippen LogP contribution >= 0.6 is 0 Å². The molecule has 1 aromatic heterocycles. The molecular formula is C17H16N2O3. The number of carbonyl (C=O) groups is 1. The first-order chi connectivity index (χ1) is 10.8. The minimum absolute atomic E-state index is 0.0515. The number of carbonyl (C=O) groups excluding carboxylic acids is 1. The Kier molecular flexibility index (Phi) is 4.05. The van der Waals surface area contributed by atoms with Crippen molar-refractivity contribution in [3.05, 3.63) is 60.4 Å². The van der Waals surface area contributed by atoms with Gasteiger partial charge in [0, 0.05) is 11.6 Å². The summed E-state index contributed by atoms with van der Waals surface area (Å²) in [6.45, 7) is 0.313. The Morgan fingerprint density at radius 2 is 2.14 bits per heavy atom. The lowest BCUT2D eigenvalue weighted by Gasteiger charge is -2.05. The van der Waals surface area contributed by atoms with Gasteiger partial charge < -0.3 is 14.6 Å². The van der Waals surface area contributed by atoms with E-state index in [9.17, 15) is 4.79 Å². The number of methoxy groups -OCH3 is 1. The Hall–Kier alpha value is -2.82. The van der Waals surface area contributed by atoms with Crippen molar-refractivity contribution in [3.8, 4) is 17.0 Å². The van der Waals surface area contributed by atoms with Crippen molar-refractivity contribution in [2.75, 3.05) is 7.11 Å². The van der Waals surface area contributed by atoms with E-state index in [-0.39, 0.29) is 11.8 Å². The molecular weight excluding hydrogens is 280 g/mol. The fourth-order valence-corrected chi connectivity index (χ4v) is 2.21. The molecule has 0 fully saturated rings. The molecule has 0 atom stereocenters. The van der Waals surface area contributed by atoms with Crippen LogP contribution in [0.4, 0.5) is 0 Å². The summed E-state index contributed by atoms with van der Waals surface area (Å²) >= 11 is 0. The normalized spacial score (nSPS) is 13.5. The van der Waals surface area contributed by atoms with Gasteiger partial charge in [-0.15, -0.1) is 0 Å². The van der Waals surface area contributed by atoms with Gasteiger partial charge >= 0.3 is 0 Å². The first-order valence-corrected chi connectivity index (χ1v) is 6.99. The van der Waals surface area contributed by atoms with Gasteiger partial charge in [0.1, 0.15) is 11.4 Å². The molecule has 1 aliphatic rings. The molecule has 3 rings (SSSR count). The molecule has 0 saturated heterocycles. The molecule has 1 amide bonds. The Balaban J connectivity index is 1.64. The second-order valence-corrected chi connectivity index (χ2v) is 4.92. The smallest absolute Gasteiger partial charge is 0.231 e. The third-order valence-corrected chi connectivity index (χ3v) is 3.41. The molecule has 2 aromatic rings. The molecule has 22 heavy (non-hydrogen) atoms. The maximum Gasteiger partial charge on any atom is 0.231 e. The van der Waals surface area contributed by atoms with E-state index in [1.807, 2.05) is 54.6 Å². The van der Waals surface area contributed by atoms with Gasteiger partial charge in [-0.3, -0.25) is 4.79 Å². The molecule has 1 aliphatic carbocycles. The molecule has 1 N–H and O–H groups in total. The Morgan fingerprint density at radius 3 is 2.91 bits per heavy atom. The average Bonchev–Trinajstić information content (AvgIpc) is 3.24. The molecule has 0 unspecified atom stereocenters. The number of nitrogens with zero attached hydrogens (tertiary/aromatic N) is 1. The second kappa shape index (κ2) is 6.30. The maximum absolute atomic E-state index is 11.9. The van der Waals surface area contributed by atoms with Crippen LogP contribution < -0.4 is 10.1 Å². The number of amides is 1. The highest BCUT2D eigenvalue weighted by Gasteiger charge is 2.15. The molecule has 0 aliphatic heterocycles. The van der Waals surface area contributed by atoms with Crippen LogP contribution in [0.2, 0.25) is 0 Å². The summed E-state index contributed by atoms with van der Waals surface area (Å²) in [5.74, 6) is 1.12. The minimum atomic E-state index is -0.194. The van der Waals surface area contributed by atoms with Crippen molar-refractivity contribution in [1.29, 1.82) is 0 Å². The van der Waals surface area contributed by atoms with Crippen molar-refractivity contribution >= 4 is 5.91 Å². The third-order valence-electron chi connectivity index (χ3n) is 3.41. The molecule has 5 heteroatoms. The number of ether oxygens (including phenoxy) is 1. The predicted octanol–water partition coefficient (Wildman–Crippen LogP) is 2.71. The molecule has 0 saturated carbocycles. The van der Waals surface area contributed by atoms with Crippen LogP contribution in [0, 0.1) is 5.92 Å². The molecule has 0 radical (unpaired) electrons. The summed E-state index contributed by atoms with van der Waals surface area (Å²) < 4.78 is 10.5. The SMILES string of the molecule is COc1cccc(-c2cc(CNC(=O)C3C=CC=C3)on2)c1. The Labute approximate surface area is 128 Å². The van der Waals surface area contributed by atoms with E-state index in [0.717, 1.165) is 11.3 Å². The fourth-order valence-electron chi connectivity index (χ4n) is 2.21. The summed E-state index contributed by atoms with van der Waals surface area (Å²) in [5.41, 5.74) is 1.62. The number of hydrogen-bond acceptors (Lipinski definition) is 4. The van der Waals surface area contributed by atoms with Gasteiger partial charge in [0.25, 0.3) is 0 Å². The van der Waals surface area contributed by atoms with Crippen molar-refractivity contribution in [1.82, 2.24) is 10.5 Å². The summed E-state index contributed by atoms with van der Waals surface area (Å²) in [6.07, 6.45) is 7.41. The lowest BCUT2D eigenvalue weighted by atomic mass is 10.1. The zero-order valence-electron chi connectivity index (χ0n) is 12.2. The zero-order valence-corrected chi connectivity index (χ0v) is 12.2. The van der Waals surface area contributed by atoms with Gasteiger partial charge in [-0.1, -0.05) is 41.6 Å². The first-order valence-electron chi connectivity index (χ1n) is 6.99. The van der Waals surface area contributed by atoms with Gasteiger partial charge in [-0.2, -0.15) is 0 Å². The lowest BCUT2D eigenvalue weighted by molar-refractivity contribution is -0.122. The number of nitrogens with one attached hydrogen (secondary N) is 1. The van der Waals surface area contributed by atoms with Crippen LogP contribution in [0.25, 0.3) is 11.3 Å². The highest BCUT2D eigenvalue weighted by atomic mass is 16.5. The van der Waals surface area contributed by atoms with Crippen LogP contribution in [-0.4, -0.2) is 18.2 Å². The highest BCUT2D eigenvalue weighted by molar-refractivity contribution is 5.83. The van der Waals surface area contributed by atoms with Gasteiger partial charge in [-0.25, -0.2) is 0 Å². The second-order valence-electron chi connectivity index (χ2n) is 4.92. The predicted molar refractivity (Wildman–Crippen MR) is 82.1 cm³/mol. The van der Waals surface area contributed by atoms with Crippen LogP contribution in [0.1, 0.15) is 5.76 Å². The molecule has 1 heterocycles. The quantitative estimate of drug-likeness (QED) is 0.921.